The molecule has 0 atom stereocenters. The Morgan fingerprint density at radius 3 is 2.68 bits per heavy atom. The van der Waals surface area contributed by atoms with Crippen LogP contribution in [0, 0.1) is 12.7 Å². The highest BCUT2D eigenvalue weighted by atomic mass is 79.9. The number of carbonyl (C=O) groups is 1. The Balaban J connectivity index is 1.94. The first-order chi connectivity index (χ1) is 10.5. The molecule has 1 amide bonds. The molecule has 3 nitrogen and oxygen atoms in total. The van der Waals surface area contributed by atoms with Crippen LogP contribution < -0.4 is 10.1 Å². The fourth-order valence-corrected chi connectivity index (χ4v) is 2.65. The first kappa shape index (κ1) is 16.5. The van der Waals surface area contributed by atoms with E-state index >= 15 is 0 Å². The summed E-state index contributed by atoms with van der Waals surface area (Å²) in [6.45, 7) is 1.80. The lowest BCUT2D eigenvalue weighted by Crippen LogP contribution is -2.13. The van der Waals surface area contributed by atoms with Gasteiger partial charge in [-0.25, -0.2) is 4.39 Å². The summed E-state index contributed by atoms with van der Waals surface area (Å²) in [7, 11) is 1.60. The van der Waals surface area contributed by atoms with Gasteiger partial charge in [-0.05, 0) is 64.7 Å². The maximum absolute atomic E-state index is 13.7. The minimum atomic E-state index is -0.416. The van der Waals surface area contributed by atoms with Crippen molar-refractivity contribution in [2.75, 3.05) is 12.4 Å². The van der Waals surface area contributed by atoms with Crippen molar-refractivity contribution in [2.24, 2.45) is 0 Å². The Labute approximate surface area is 137 Å². The van der Waals surface area contributed by atoms with Gasteiger partial charge in [0.25, 0.3) is 0 Å². The zero-order valence-corrected chi connectivity index (χ0v) is 14.0. The van der Waals surface area contributed by atoms with Crippen LogP contribution in [0.3, 0.4) is 0 Å². The number of hydrogen-bond acceptors (Lipinski definition) is 2. The first-order valence-electron chi connectivity index (χ1n) is 6.88. The van der Waals surface area contributed by atoms with Gasteiger partial charge in [-0.3, -0.25) is 4.79 Å². The quantitative estimate of drug-likeness (QED) is 0.848. The Bertz CT molecular complexity index is 688. The van der Waals surface area contributed by atoms with E-state index < -0.39 is 5.82 Å². The van der Waals surface area contributed by atoms with Gasteiger partial charge < -0.3 is 10.1 Å². The third kappa shape index (κ3) is 4.31. The SMILES string of the molecule is COc1ccc(CCC(=O)Nc2ccc(C)cc2F)cc1Br. The maximum Gasteiger partial charge on any atom is 0.224 e. The topological polar surface area (TPSA) is 38.3 Å². The summed E-state index contributed by atoms with van der Waals surface area (Å²) in [5.74, 6) is 0.116. The molecule has 0 aromatic heterocycles. The summed E-state index contributed by atoms with van der Waals surface area (Å²) in [5, 5.41) is 2.59. The van der Waals surface area contributed by atoms with Crippen molar-refractivity contribution in [1.82, 2.24) is 0 Å². The lowest BCUT2D eigenvalue weighted by atomic mass is 10.1. The second-order valence-electron chi connectivity index (χ2n) is 5.00. The van der Waals surface area contributed by atoms with E-state index in [1.165, 1.54) is 6.07 Å². The lowest BCUT2D eigenvalue weighted by Gasteiger charge is -2.08. The molecule has 0 saturated heterocycles. The minimum absolute atomic E-state index is 0.213. The fourth-order valence-electron chi connectivity index (χ4n) is 2.06. The number of halogens is 2. The number of anilines is 1. The number of methoxy groups -OCH3 is 1. The van der Waals surface area contributed by atoms with Crippen molar-refractivity contribution in [3.63, 3.8) is 0 Å². The third-order valence-electron chi connectivity index (χ3n) is 3.26. The summed E-state index contributed by atoms with van der Waals surface area (Å²) >= 11 is 3.41. The van der Waals surface area contributed by atoms with Gasteiger partial charge in [0, 0.05) is 6.42 Å². The summed E-state index contributed by atoms with van der Waals surface area (Å²) in [6.07, 6.45) is 0.855. The smallest absolute Gasteiger partial charge is 0.224 e. The van der Waals surface area contributed by atoms with E-state index in [-0.39, 0.29) is 18.0 Å². The molecular weight excluding hydrogens is 349 g/mol. The minimum Gasteiger partial charge on any atom is -0.496 e. The van der Waals surface area contributed by atoms with Gasteiger partial charge in [0.05, 0.1) is 17.3 Å². The molecule has 116 valence electrons. The number of nitrogens with one attached hydrogen (secondary N) is 1. The predicted molar refractivity (Wildman–Crippen MR) is 88.8 cm³/mol. The van der Waals surface area contributed by atoms with Crippen LogP contribution in [-0.4, -0.2) is 13.0 Å². The number of hydrogen-bond donors (Lipinski definition) is 1. The average Bonchev–Trinajstić information content (AvgIpc) is 2.48. The number of rotatable bonds is 5. The second-order valence-corrected chi connectivity index (χ2v) is 5.85. The molecule has 0 saturated carbocycles. The van der Waals surface area contributed by atoms with E-state index in [0.29, 0.717) is 6.42 Å². The molecule has 0 heterocycles. The Kier molecular flexibility index (Phi) is 5.55. The zero-order chi connectivity index (χ0) is 16.1. The largest absolute Gasteiger partial charge is 0.496 e. The molecule has 5 heteroatoms. The molecule has 0 fully saturated rings. The lowest BCUT2D eigenvalue weighted by molar-refractivity contribution is -0.116. The van der Waals surface area contributed by atoms with Crippen LogP contribution in [0.2, 0.25) is 0 Å². The van der Waals surface area contributed by atoms with E-state index in [1.54, 1.807) is 26.2 Å². The molecule has 2 rings (SSSR count). The van der Waals surface area contributed by atoms with Gasteiger partial charge in [-0.15, -0.1) is 0 Å². The highest BCUT2D eigenvalue weighted by Crippen LogP contribution is 2.26. The van der Waals surface area contributed by atoms with Crippen LogP contribution in [-0.2, 0) is 11.2 Å². The normalized spacial score (nSPS) is 10.4. The maximum atomic E-state index is 13.7. The first-order valence-corrected chi connectivity index (χ1v) is 7.67. The highest BCUT2D eigenvalue weighted by Gasteiger charge is 2.08. The number of aryl methyl sites for hydroxylation is 2. The van der Waals surface area contributed by atoms with Crippen LogP contribution in [0.4, 0.5) is 10.1 Å². The van der Waals surface area contributed by atoms with Crippen molar-refractivity contribution in [3.8, 4) is 5.75 Å². The molecule has 0 spiro atoms. The van der Waals surface area contributed by atoms with Gasteiger partial charge in [0.2, 0.25) is 5.91 Å². The molecule has 1 N–H and O–H groups in total. The molecule has 0 aliphatic carbocycles. The Morgan fingerprint density at radius 1 is 1.27 bits per heavy atom. The monoisotopic (exact) mass is 365 g/mol. The van der Waals surface area contributed by atoms with Gasteiger partial charge in [-0.1, -0.05) is 12.1 Å². The third-order valence-corrected chi connectivity index (χ3v) is 3.88. The summed E-state index contributed by atoms with van der Waals surface area (Å²) in [6, 6.07) is 10.4. The van der Waals surface area contributed by atoms with Crippen LogP contribution in [0.5, 0.6) is 5.75 Å². The molecule has 2 aromatic carbocycles. The van der Waals surface area contributed by atoms with Crippen LogP contribution in [0.25, 0.3) is 0 Å². The molecule has 0 aliphatic heterocycles. The number of benzene rings is 2. The van der Waals surface area contributed by atoms with E-state index in [2.05, 4.69) is 21.2 Å². The van der Waals surface area contributed by atoms with E-state index in [9.17, 15) is 9.18 Å². The molecular formula is C17H17BrFNO2. The predicted octanol–water partition coefficient (Wildman–Crippen LogP) is 4.48. The van der Waals surface area contributed by atoms with Crippen molar-refractivity contribution in [1.29, 1.82) is 0 Å². The van der Waals surface area contributed by atoms with Gasteiger partial charge >= 0.3 is 0 Å². The van der Waals surface area contributed by atoms with Gasteiger partial charge in [0.15, 0.2) is 0 Å². The fraction of sp³-hybridized carbons (Fsp3) is 0.235. The number of amides is 1. The molecule has 0 bridgehead atoms. The molecule has 22 heavy (non-hydrogen) atoms. The second kappa shape index (κ2) is 7.40. The Morgan fingerprint density at radius 2 is 2.05 bits per heavy atom. The van der Waals surface area contributed by atoms with E-state index in [4.69, 9.17) is 4.74 Å². The van der Waals surface area contributed by atoms with E-state index in [0.717, 1.165) is 21.3 Å². The van der Waals surface area contributed by atoms with Crippen molar-refractivity contribution in [3.05, 3.63) is 57.8 Å². The molecule has 0 radical (unpaired) electrons. The molecule has 2 aromatic rings. The molecule has 0 unspecified atom stereocenters. The number of carbonyl (C=O) groups excluding carboxylic acids is 1. The summed E-state index contributed by atoms with van der Waals surface area (Å²) < 4.78 is 19.7. The average molecular weight is 366 g/mol. The summed E-state index contributed by atoms with van der Waals surface area (Å²) in [4.78, 5) is 11.9. The number of ether oxygens (including phenoxy) is 1. The Hall–Kier alpha value is -1.88. The van der Waals surface area contributed by atoms with Crippen LogP contribution in [0.1, 0.15) is 17.5 Å². The van der Waals surface area contributed by atoms with Crippen LogP contribution in [0.15, 0.2) is 40.9 Å². The van der Waals surface area contributed by atoms with Crippen molar-refractivity contribution < 1.29 is 13.9 Å². The summed E-state index contributed by atoms with van der Waals surface area (Å²) in [5.41, 5.74) is 2.04. The standard InChI is InChI=1S/C17H17BrFNO2/c1-11-3-6-15(14(19)9-11)20-17(21)8-5-12-4-7-16(22-2)13(18)10-12/h3-4,6-7,9-10H,5,8H2,1-2H3,(H,20,21). The zero-order valence-electron chi connectivity index (χ0n) is 12.5. The van der Waals surface area contributed by atoms with Crippen molar-refractivity contribution in [2.45, 2.75) is 19.8 Å². The van der Waals surface area contributed by atoms with Crippen LogP contribution >= 0.6 is 15.9 Å². The van der Waals surface area contributed by atoms with Gasteiger partial charge in [-0.2, -0.15) is 0 Å². The molecule has 0 aliphatic rings. The highest BCUT2D eigenvalue weighted by molar-refractivity contribution is 9.10. The van der Waals surface area contributed by atoms with E-state index in [1.807, 2.05) is 18.2 Å². The van der Waals surface area contributed by atoms with Gasteiger partial charge in [0.1, 0.15) is 11.6 Å². The van der Waals surface area contributed by atoms with Crippen molar-refractivity contribution >= 4 is 27.5 Å².